The molecule has 0 fully saturated rings. The number of benzene rings is 2. The van der Waals surface area contributed by atoms with E-state index in [4.69, 9.17) is 0 Å². The van der Waals surface area contributed by atoms with Crippen molar-refractivity contribution in [2.24, 2.45) is 0 Å². The second-order valence-electron chi connectivity index (χ2n) is 4.35. The molecule has 2 heteroatoms. The highest BCUT2D eigenvalue weighted by molar-refractivity contribution is 5.76. The maximum absolute atomic E-state index is 11.3. The Morgan fingerprint density at radius 3 is 2.16 bits per heavy atom. The van der Waals surface area contributed by atoms with Crippen LogP contribution < -0.4 is 0 Å². The van der Waals surface area contributed by atoms with Crippen LogP contribution in [0.3, 0.4) is 0 Å². The zero-order valence-electron chi connectivity index (χ0n) is 10.6. The molecule has 0 aliphatic heterocycles. The molecule has 0 aromatic heterocycles. The van der Waals surface area contributed by atoms with Crippen LogP contribution in [0, 0.1) is 0 Å². The third-order valence-electron chi connectivity index (χ3n) is 2.98. The summed E-state index contributed by atoms with van der Waals surface area (Å²) < 4.78 is 0. The van der Waals surface area contributed by atoms with E-state index in [0.717, 1.165) is 11.1 Å². The van der Waals surface area contributed by atoms with Gasteiger partial charge in [0, 0.05) is 0 Å². The van der Waals surface area contributed by atoms with Crippen molar-refractivity contribution >= 4 is 12.0 Å². The zero-order valence-corrected chi connectivity index (χ0v) is 10.6. The van der Waals surface area contributed by atoms with Gasteiger partial charge in [-0.25, -0.2) is 0 Å². The first-order valence-electron chi connectivity index (χ1n) is 6.26. The minimum absolute atomic E-state index is 0.485. The van der Waals surface area contributed by atoms with Crippen LogP contribution in [0.2, 0.25) is 0 Å². The molecule has 2 aromatic rings. The molecule has 0 aliphatic carbocycles. The van der Waals surface area contributed by atoms with Crippen molar-refractivity contribution in [2.75, 3.05) is 0 Å². The summed E-state index contributed by atoms with van der Waals surface area (Å²) in [4.78, 5) is 11.3. The molecule has 96 valence electrons. The topological polar surface area (TPSA) is 37.3 Å². The fourth-order valence-electron chi connectivity index (χ4n) is 1.97. The molecular formula is C17H16O2. The third kappa shape index (κ3) is 3.81. The summed E-state index contributed by atoms with van der Waals surface area (Å²) in [6, 6.07) is 19.2. The number of hydrogen-bond acceptors (Lipinski definition) is 1. The lowest BCUT2D eigenvalue weighted by atomic mass is 9.95. The van der Waals surface area contributed by atoms with E-state index >= 15 is 0 Å². The maximum Gasteiger partial charge on any atom is 0.311 e. The molecule has 2 rings (SSSR count). The van der Waals surface area contributed by atoms with Gasteiger partial charge < -0.3 is 5.11 Å². The maximum atomic E-state index is 11.3. The molecule has 19 heavy (non-hydrogen) atoms. The summed E-state index contributed by atoms with van der Waals surface area (Å²) >= 11 is 0. The Labute approximate surface area is 113 Å². The van der Waals surface area contributed by atoms with Gasteiger partial charge in [-0.15, -0.1) is 0 Å². The van der Waals surface area contributed by atoms with Gasteiger partial charge >= 0.3 is 5.97 Å². The van der Waals surface area contributed by atoms with Crippen molar-refractivity contribution in [1.29, 1.82) is 0 Å². The van der Waals surface area contributed by atoms with Crippen molar-refractivity contribution in [1.82, 2.24) is 0 Å². The fourth-order valence-corrected chi connectivity index (χ4v) is 1.97. The van der Waals surface area contributed by atoms with E-state index in [-0.39, 0.29) is 0 Å². The number of carboxylic acid groups (broad SMARTS) is 1. The van der Waals surface area contributed by atoms with Crippen molar-refractivity contribution in [2.45, 2.75) is 12.3 Å². The Kier molecular flexibility index (Phi) is 4.51. The number of hydrogen-bond donors (Lipinski definition) is 1. The molecule has 0 spiro atoms. The summed E-state index contributed by atoms with van der Waals surface area (Å²) in [6.45, 7) is 0. The molecule has 0 amide bonds. The lowest BCUT2D eigenvalue weighted by Crippen LogP contribution is -2.10. The summed E-state index contributed by atoms with van der Waals surface area (Å²) in [5, 5.41) is 9.29. The highest BCUT2D eigenvalue weighted by Gasteiger charge is 2.17. The highest BCUT2D eigenvalue weighted by Crippen LogP contribution is 2.20. The van der Waals surface area contributed by atoms with Crippen LogP contribution in [0.4, 0.5) is 0 Å². The second-order valence-corrected chi connectivity index (χ2v) is 4.35. The Balaban J connectivity index is 2.07. The number of rotatable bonds is 5. The van der Waals surface area contributed by atoms with Gasteiger partial charge in [-0.3, -0.25) is 4.79 Å². The van der Waals surface area contributed by atoms with E-state index in [2.05, 4.69) is 0 Å². The van der Waals surface area contributed by atoms with E-state index in [1.165, 1.54) is 0 Å². The molecule has 2 aromatic carbocycles. The van der Waals surface area contributed by atoms with Gasteiger partial charge in [0.15, 0.2) is 0 Å². The largest absolute Gasteiger partial charge is 0.481 e. The van der Waals surface area contributed by atoms with Gasteiger partial charge in [0.25, 0.3) is 0 Å². The first-order valence-corrected chi connectivity index (χ1v) is 6.26. The molecule has 0 bridgehead atoms. The molecule has 0 radical (unpaired) electrons. The quantitative estimate of drug-likeness (QED) is 0.874. The van der Waals surface area contributed by atoms with Gasteiger partial charge in [-0.2, -0.15) is 0 Å². The van der Waals surface area contributed by atoms with Crippen molar-refractivity contribution in [3.8, 4) is 0 Å². The van der Waals surface area contributed by atoms with Gasteiger partial charge in [0.2, 0.25) is 0 Å². The minimum Gasteiger partial charge on any atom is -0.481 e. The van der Waals surface area contributed by atoms with E-state index in [1.54, 1.807) is 0 Å². The number of carbonyl (C=O) groups is 1. The standard InChI is InChI=1S/C17H16O2/c18-17(19)16(15-11-5-2-6-12-15)13-7-10-14-8-3-1-4-9-14/h1-12,16H,13H2,(H,18,19). The Morgan fingerprint density at radius 2 is 1.58 bits per heavy atom. The highest BCUT2D eigenvalue weighted by atomic mass is 16.4. The number of carboxylic acids is 1. The fraction of sp³-hybridized carbons (Fsp3) is 0.118. The van der Waals surface area contributed by atoms with Crippen LogP contribution in [0.1, 0.15) is 23.5 Å². The molecule has 1 unspecified atom stereocenters. The molecule has 0 saturated carbocycles. The number of aliphatic carboxylic acids is 1. The molecule has 0 heterocycles. The molecule has 1 N–H and O–H groups in total. The van der Waals surface area contributed by atoms with E-state index < -0.39 is 11.9 Å². The molecule has 0 saturated heterocycles. The lowest BCUT2D eigenvalue weighted by Gasteiger charge is -2.09. The average Bonchev–Trinajstić information content (AvgIpc) is 2.45. The van der Waals surface area contributed by atoms with Crippen LogP contribution in [-0.4, -0.2) is 11.1 Å². The van der Waals surface area contributed by atoms with Crippen molar-refractivity contribution in [3.63, 3.8) is 0 Å². The summed E-state index contributed by atoms with van der Waals surface area (Å²) in [6.07, 6.45) is 4.37. The third-order valence-corrected chi connectivity index (χ3v) is 2.98. The molecule has 0 aliphatic rings. The van der Waals surface area contributed by atoms with Gasteiger partial charge in [0.1, 0.15) is 0 Å². The Bertz CT molecular complexity index is 544. The predicted molar refractivity (Wildman–Crippen MR) is 76.9 cm³/mol. The van der Waals surface area contributed by atoms with Crippen LogP contribution in [-0.2, 0) is 4.79 Å². The summed E-state index contributed by atoms with van der Waals surface area (Å²) in [7, 11) is 0. The van der Waals surface area contributed by atoms with E-state index in [1.807, 2.05) is 72.8 Å². The summed E-state index contributed by atoms with van der Waals surface area (Å²) in [5.41, 5.74) is 1.92. The smallest absolute Gasteiger partial charge is 0.311 e. The Hall–Kier alpha value is -2.35. The predicted octanol–water partition coefficient (Wildman–Crippen LogP) is 3.96. The van der Waals surface area contributed by atoms with Gasteiger partial charge in [-0.05, 0) is 17.5 Å². The van der Waals surface area contributed by atoms with Crippen LogP contribution in [0.5, 0.6) is 0 Å². The Morgan fingerprint density at radius 1 is 1.00 bits per heavy atom. The van der Waals surface area contributed by atoms with Crippen LogP contribution in [0.15, 0.2) is 66.7 Å². The lowest BCUT2D eigenvalue weighted by molar-refractivity contribution is -0.138. The minimum atomic E-state index is -0.788. The zero-order chi connectivity index (χ0) is 13.5. The monoisotopic (exact) mass is 252 g/mol. The SMILES string of the molecule is O=C(O)C(CC=Cc1ccccc1)c1ccccc1. The average molecular weight is 252 g/mol. The van der Waals surface area contributed by atoms with Crippen molar-refractivity contribution in [3.05, 3.63) is 77.9 Å². The molecular weight excluding hydrogens is 236 g/mol. The normalized spacial score (nSPS) is 12.4. The van der Waals surface area contributed by atoms with Gasteiger partial charge in [-0.1, -0.05) is 72.8 Å². The van der Waals surface area contributed by atoms with E-state index in [9.17, 15) is 9.90 Å². The first kappa shape index (κ1) is 13.1. The second kappa shape index (κ2) is 6.55. The van der Waals surface area contributed by atoms with Crippen molar-refractivity contribution < 1.29 is 9.90 Å². The van der Waals surface area contributed by atoms with Crippen LogP contribution >= 0.6 is 0 Å². The summed E-state index contributed by atoms with van der Waals surface area (Å²) in [5.74, 6) is -1.27. The molecule has 1 atom stereocenters. The molecule has 2 nitrogen and oxygen atoms in total. The van der Waals surface area contributed by atoms with E-state index in [0.29, 0.717) is 6.42 Å². The number of allylic oxidation sites excluding steroid dienone is 1. The van der Waals surface area contributed by atoms with Gasteiger partial charge in [0.05, 0.1) is 5.92 Å². The first-order chi connectivity index (χ1) is 9.27. The van der Waals surface area contributed by atoms with Crippen LogP contribution in [0.25, 0.3) is 6.08 Å².